The molecule has 3 heterocycles. The number of hydrogen-bond donors (Lipinski definition) is 0. The van der Waals surface area contributed by atoms with Crippen molar-refractivity contribution in [1.29, 1.82) is 0 Å². The van der Waals surface area contributed by atoms with E-state index in [2.05, 4.69) is 228 Å². The summed E-state index contributed by atoms with van der Waals surface area (Å²) in [6.07, 6.45) is 0. The average molecular weight is 766 g/mol. The standard InChI is InChI=1S/C57H39N3/c1-57(2)50-24-7-3-16-42(50)49-35-40(32-33-51(49)57)58(38-14-11-15-39(34-38)59-52-25-8-4-17-43(52)44-18-5-9-26-53(44)59)37-30-28-36(29-31-37)41-20-12-22-47-48-23-13-21-46-45-19-6-10-27-54(45)60(55(41)47)56(46)48/h3-35H,1-2H3. The Kier molecular flexibility index (Phi) is 6.78. The van der Waals surface area contributed by atoms with E-state index < -0.39 is 0 Å². The van der Waals surface area contributed by atoms with Gasteiger partial charge < -0.3 is 13.9 Å². The normalized spacial score (nSPS) is 13.3. The zero-order valence-corrected chi connectivity index (χ0v) is 33.4. The Morgan fingerprint density at radius 1 is 0.367 bits per heavy atom. The largest absolute Gasteiger partial charge is 0.310 e. The number of anilines is 3. The summed E-state index contributed by atoms with van der Waals surface area (Å²) in [5.41, 5.74) is 18.4. The minimum atomic E-state index is -0.0698. The maximum Gasteiger partial charge on any atom is 0.0620 e. The summed E-state index contributed by atoms with van der Waals surface area (Å²) in [7, 11) is 0. The van der Waals surface area contributed by atoms with Crippen LogP contribution in [0.25, 0.3) is 87.8 Å². The van der Waals surface area contributed by atoms with Gasteiger partial charge in [0.05, 0.1) is 27.6 Å². The van der Waals surface area contributed by atoms with Crippen molar-refractivity contribution in [3.05, 3.63) is 211 Å². The molecule has 0 bridgehead atoms. The summed E-state index contributed by atoms with van der Waals surface area (Å²) >= 11 is 0. The average Bonchev–Trinajstić information content (AvgIpc) is 4.00. The predicted molar refractivity (Wildman–Crippen MR) is 253 cm³/mol. The topological polar surface area (TPSA) is 12.6 Å². The van der Waals surface area contributed by atoms with Crippen LogP contribution >= 0.6 is 0 Å². The summed E-state index contributed by atoms with van der Waals surface area (Å²) < 4.78 is 4.90. The monoisotopic (exact) mass is 765 g/mol. The molecular weight excluding hydrogens is 727 g/mol. The number of benzene rings is 9. The number of rotatable bonds is 5. The number of hydrogen-bond acceptors (Lipinski definition) is 1. The SMILES string of the molecule is CC1(C)c2ccccc2-c2cc(N(c3ccc(-c4cccc5c6cccc7c8ccccc8n(c45)c76)cc3)c3cccc(-n4c5ccccc5c5ccccc54)c3)ccc21. The minimum Gasteiger partial charge on any atom is -0.310 e. The fraction of sp³-hybridized carbons (Fsp3) is 0.0526. The van der Waals surface area contributed by atoms with Crippen molar-refractivity contribution in [3.8, 4) is 27.9 Å². The van der Waals surface area contributed by atoms with Gasteiger partial charge in [-0.05, 0) is 88.5 Å². The van der Waals surface area contributed by atoms with Crippen LogP contribution in [-0.4, -0.2) is 8.97 Å². The molecule has 0 saturated carbocycles. The molecule has 0 saturated heterocycles. The third-order valence-electron chi connectivity index (χ3n) is 13.4. The second-order valence-corrected chi connectivity index (χ2v) is 16.9. The van der Waals surface area contributed by atoms with Crippen LogP contribution in [0.1, 0.15) is 25.0 Å². The Labute approximate surface area is 347 Å². The van der Waals surface area contributed by atoms with E-state index in [0.29, 0.717) is 0 Å². The van der Waals surface area contributed by atoms with Crippen molar-refractivity contribution in [2.75, 3.05) is 4.90 Å². The van der Waals surface area contributed by atoms with Gasteiger partial charge in [-0.3, -0.25) is 0 Å². The predicted octanol–water partition coefficient (Wildman–Crippen LogP) is 15.4. The highest BCUT2D eigenvalue weighted by atomic mass is 15.1. The highest BCUT2D eigenvalue weighted by Gasteiger charge is 2.35. The van der Waals surface area contributed by atoms with Gasteiger partial charge in [-0.25, -0.2) is 0 Å². The zero-order chi connectivity index (χ0) is 39.7. The van der Waals surface area contributed by atoms with Crippen molar-refractivity contribution in [3.63, 3.8) is 0 Å². The maximum atomic E-state index is 2.49. The van der Waals surface area contributed by atoms with Crippen molar-refractivity contribution < 1.29 is 0 Å². The van der Waals surface area contributed by atoms with Crippen LogP contribution in [0, 0.1) is 0 Å². The molecule has 0 amide bonds. The Hall–Kier alpha value is -7.62. The maximum absolute atomic E-state index is 2.49. The molecule has 1 aliphatic rings. The van der Waals surface area contributed by atoms with E-state index in [1.54, 1.807) is 0 Å². The van der Waals surface area contributed by atoms with E-state index in [1.807, 2.05) is 0 Å². The lowest BCUT2D eigenvalue weighted by atomic mass is 9.82. The van der Waals surface area contributed by atoms with Gasteiger partial charge >= 0.3 is 0 Å². The molecule has 0 spiro atoms. The Bertz CT molecular complexity index is 3640. The van der Waals surface area contributed by atoms with Gasteiger partial charge in [0.2, 0.25) is 0 Å². The number of nitrogens with zero attached hydrogens (tertiary/aromatic N) is 3. The third kappa shape index (κ3) is 4.49. The van der Waals surface area contributed by atoms with E-state index in [4.69, 9.17) is 0 Å². The summed E-state index contributed by atoms with van der Waals surface area (Å²) in [5, 5.41) is 7.70. The quantitative estimate of drug-likeness (QED) is 0.170. The summed E-state index contributed by atoms with van der Waals surface area (Å²) in [5.74, 6) is 0. The molecule has 0 aliphatic heterocycles. The first-order valence-electron chi connectivity index (χ1n) is 20.9. The van der Waals surface area contributed by atoms with Crippen LogP contribution in [0.5, 0.6) is 0 Å². The molecule has 13 rings (SSSR count). The Balaban J connectivity index is 1.01. The van der Waals surface area contributed by atoms with Crippen molar-refractivity contribution in [1.82, 2.24) is 8.97 Å². The molecule has 1 aliphatic carbocycles. The number of para-hydroxylation sites is 5. The second kappa shape index (κ2) is 12.2. The first-order chi connectivity index (χ1) is 29.5. The lowest BCUT2D eigenvalue weighted by Crippen LogP contribution is -2.15. The highest BCUT2D eigenvalue weighted by molar-refractivity contribution is 6.25. The smallest absolute Gasteiger partial charge is 0.0620 e. The fourth-order valence-electron chi connectivity index (χ4n) is 10.8. The zero-order valence-electron chi connectivity index (χ0n) is 33.4. The van der Waals surface area contributed by atoms with Crippen LogP contribution in [0.15, 0.2) is 200 Å². The van der Waals surface area contributed by atoms with Gasteiger partial charge in [0.15, 0.2) is 0 Å². The van der Waals surface area contributed by atoms with Crippen molar-refractivity contribution in [2.45, 2.75) is 19.3 Å². The summed E-state index contributed by atoms with van der Waals surface area (Å²) in [6.45, 7) is 4.70. The van der Waals surface area contributed by atoms with Crippen LogP contribution in [-0.2, 0) is 5.41 Å². The van der Waals surface area contributed by atoms with Crippen LogP contribution in [0.4, 0.5) is 17.1 Å². The molecule has 3 heteroatoms. The third-order valence-corrected chi connectivity index (χ3v) is 13.4. The molecule has 9 aromatic carbocycles. The van der Waals surface area contributed by atoms with E-state index in [0.717, 1.165) is 22.7 Å². The molecule has 0 radical (unpaired) electrons. The van der Waals surface area contributed by atoms with Gasteiger partial charge in [-0.2, -0.15) is 0 Å². The summed E-state index contributed by atoms with van der Waals surface area (Å²) in [4.78, 5) is 2.43. The van der Waals surface area contributed by atoms with Gasteiger partial charge in [0.25, 0.3) is 0 Å². The highest BCUT2D eigenvalue weighted by Crippen LogP contribution is 2.51. The van der Waals surface area contributed by atoms with Gasteiger partial charge in [0.1, 0.15) is 0 Å². The van der Waals surface area contributed by atoms with Gasteiger partial charge in [-0.1, -0.05) is 153 Å². The first-order valence-corrected chi connectivity index (χ1v) is 20.9. The molecule has 0 fully saturated rings. The van der Waals surface area contributed by atoms with Crippen molar-refractivity contribution >= 4 is 77.0 Å². The van der Waals surface area contributed by atoms with Crippen LogP contribution in [0.3, 0.4) is 0 Å². The molecule has 282 valence electrons. The molecule has 3 aromatic heterocycles. The molecule has 12 aromatic rings. The van der Waals surface area contributed by atoms with Crippen molar-refractivity contribution in [2.24, 2.45) is 0 Å². The van der Waals surface area contributed by atoms with E-state index in [1.165, 1.54) is 93.3 Å². The number of aromatic nitrogens is 2. The van der Waals surface area contributed by atoms with Gasteiger partial charge in [0, 0.05) is 66.0 Å². The molecular formula is C57H39N3. The van der Waals surface area contributed by atoms with Gasteiger partial charge in [-0.15, -0.1) is 0 Å². The van der Waals surface area contributed by atoms with Crippen LogP contribution < -0.4 is 4.90 Å². The van der Waals surface area contributed by atoms with E-state index in [9.17, 15) is 0 Å². The lowest BCUT2D eigenvalue weighted by Gasteiger charge is -2.28. The molecule has 0 N–H and O–H groups in total. The van der Waals surface area contributed by atoms with E-state index in [-0.39, 0.29) is 5.41 Å². The minimum absolute atomic E-state index is 0.0698. The Morgan fingerprint density at radius 2 is 0.883 bits per heavy atom. The summed E-state index contributed by atoms with van der Waals surface area (Å²) in [6, 6.07) is 74.1. The van der Waals surface area contributed by atoms with Crippen LogP contribution in [0.2, 0.25) is 0 Å². The molecule has 0 atom stereocenters. The molecule has 3 nitrogen and oxygen atoms in total. The second-order valence-electron chi connectivity index (χ2n) is 16.9. The molecule has 0 unspecified atom stereocenters. The lowest BCUT2D eigenvalue weighted by molar-refractivity contribution is 0.660. The fourth-order valence-corrected chi connectivity index (χ4v) is 10.8. The van der Waals surface area contributed by atoms with E-state index >= 15 is 0 Å². The first kappa shape index (κ1) is 33.4. The number of fused-ring (bicyclic) bond motifs is 12. The Morgan fingerprint density at radius 3 is 1.63 bits per heavy atom. The molecule has 60 heavy (non-hydrogen) atoms.